The third kappa shape index (κ3) is 1.51. The second-order valence-corrected chi connectivity index (χ2v) is 4.07. The predicted octanol–water partition coefficient (Wildman–Crippen LogP) is 2.66. The van der Waals surface area contributed by atoms with Crippen molar-refractivity contribution < 1.29 is 0 Å². The van der Waals surface area contributed by atoms with Crippen molar-refractivity contribution >= 4 is 10.9 Å². The van der Waals surface area contributed by atoms with Gasteiger partial charge in [0.2, 0.25) is 0 Å². The zero-order valence-corrected chi connectivity index (χ0v) is 8.61. The highest BCUT2D eigenvalue weighted by molar-refractivity contribution is 5.82. The summed E-state index contributed by atoms with van der Waals surface area (Å²) in [5.41, 5.74) is 2.50. The maximum Gasteiger partial charge on any atom is 0.0705 e. The van der Waals surface area contributed by atoms with Crippen molar-refractivity contribution in [2.45, 2.75) is 18.9 Å². The zero-order valence-electron chi connectivity index (χ0n) is 8.61. The Hall–Kier alpha value is -1.41. The lowest BCUT2D eigenvalue weighted by atomic mass is 10.0. The van der Waals surface area contributed by atoms with Crippen LogP contribution in [0.15, 0.2) is 36.5 Å². The monoisotopic (exact) mass is 198 g/mol. The first-order valence-electron chi connectivity index (χ1n) is 5.52. The molecule has 1 aromatic heterocycles. The van der Waals surface area contributed by atoms with Gasteiger partial charge in [-0.15, -0.1) is 0 Å². The van der Waals surface area contributed by atoms with Crippen LogP contribution in [0.5, 0.6) is 0 Å². The Morgan fingerprint density at radius 3 is 3.07 bits per heavy atom. The van der Waals surface area contributed by atoms with Gasteiger partial charge in [0.05, 0.1) is 5.52 Å². The van der Waals surface area contributed by atoms with Crippen LogP contribution in [0.1, 0.15) is 24.4 Å². The van der Waals surface area contributed by atoms with E-state index in [9.17, 15) is 0 Å². The molecule has 0 spiro atoms. The summed E-state index contributed by atoms with van der Waals surface area (Å²) in [6, 6.07) is 11.1. The number of rotatable bonds is 1. The predicted molar refractivity (Wildman–Crippen MR) is 61.7 cm³/mol. The Bertz CT molecular complexity index is 467. The van der Waals surface area contributed by atoms with E-state index < -0.39 is 0 Å². The number of nitrogens with zero attached hydrogens (tertiary/aromatic N) is 1. The average molecular weight is 198 g/mol. The minimum Gasteiger partial charge on any atom is -0.310 e. The summed E-state index contributed by atoms with van der Waals surface area (Å²) in [6.07, 6.45) is 4.38. The van der Waals surface area contributed by atoms with Gasteiger partial charge in [-0.25, -0.2) is 0 Å². The van der Waals surface area contributed by atoms with Crippen LogP contribution in [-0.4, -0.2) is 11.5 Å². The highest BCUT2D eigenvalue weighted by Crippen LogP contribution is 2.28. The highest BCUT2D eigenvalue weighted by Gasteiger charge is 2.17. The second kappa shape index (κ2) is 3.63. The van der Waals surface area contributed by atoms with Gasteiger partial charge in [0.25, 0.3) is 0 Å². The molecule has 1 aromatic carbocycles. The molecule has 0 radical (unpaired) electrons. The van der Waals surface area contributed by atoms with E-state index in [4.69, 9.17) is 0 Å². The van der Waals surface area contributed by atoms with Crippen LogP contribution in [0.4, 0.5) is 0 Å². The molecule has 2 aromatic rings. The quantitative estimate of drug-likeness (QED) is 0.762. The van der Waals surface area contributed by atoms with Gasteiger partial charge in [-0.1, -0.05) is 18.2 Å². The first-order valence-corrected chi connectivity index (χ1v) is 5.52. The lowest BCUT2D eigenvalue weighted by Gasteiger charge is -2.12. The Balaban J connectivity index is 2.16. The molecule has 0 amide bonds. The zero-order chi connectivity index (χ0) is 10.1. The minimum atomic E-state index is 0.526. The molecule has 2 nitrogen and oxygen atoms in total. The van der Waals surface area contributed by atoms with Crippen LogP contribution in [0.3, 0.4) is 0 Å². The minimum absolute atomic E-state index is 0.526. The first kappa shape index (κ1) is 8.86. The molecule has 1 aliphatic heterocycles. The summed E-state index contributed by atoms with van der Waals surface area (Å²) in [7, 11) is 0. The standard InChI is InChI=1S/C13H14N2/c1-4-10(13-7-3-9-15-13)11-5-2-8-14-12(11)6-1/h1-2,4-6,8,13,15H,3,7,9H2/t13-/m0/s1. The Morgan fingerprint density at radius 1 is 1.20 bits per heavy atom. The van der Waals surface area contributed by atoms with Gasteiger partial charge in [-0.2, -0.15) is 0 Å². The summed E-state index contributed by atoms with van der Waals surface area (Å²) in [6.45, 7) is 1.14. The number of nitrogens with one attached hydrogen (secondary N) is 1. The van der Waals surface area contributed by atoms with E-state index in [1.54, 1.807) is 0 Å². The second-order valence-electron chi connectivity index (χ2n) is 4.07. The maximum absolute atomic E-state index is 4.39. The molecule has 1 aliphatic rings. The largest absolute Gasteiger partial charge is 0.310 e. The molecule has 15 heavy (non-hydrogen) atoms. The topological polar surface area (TPSA) is 24.9 Å². The molecular formula is C13H14N2. The Morgan fingerprint density at radius 2 is 2.20 bits per heavy atom. The summed E-state index contributed by atoms with van der Waals surface area (Å²) < 4.78 is 0. The average Bonchev–Trinajstić information content (AvgIpc) is 2.82. The van der Waals surface area contributed by atoms with E-state index in [-0.39, 0.29) is 0 Å². The molecule has 2 heteroatoms. The smallest absolute Gasteiger partial charge is 0.0705 e. The fourth-order valence-electron chi connectivity index (χ4n) is 2.38. The molecule has 1 saturated heterocycles. The number of fused-ring (bicyclic) bond motifs is 1. The molecule has 76 valence electrons. The van der Waals surface area contributed by atoms with Gasteiger partial charge < -0.3 is 5.32 Å². The third-order valence-corrected chi connectivity index (χ3v) is 3.12. The fourth-order valence-corrected chi connectivity index (χ4v) is 2.38. The molecule has 3 rings (SSSR count). The van der Waals surface area contributed by atoms with Crippen molar-refractivity contribution in [3.8, 4) is 0 Å². The van der Waals surface area contributed by atoms with Crippen LogP contribution >= 0.6 is 0 Å². The molecular weight excluding hydrogens is 184 g/mol. The van der Waals surface area contributed by atoms with Gasteiger partial charge >= 0.3 is 0 Å². The van der Waals surface area contributed by atoms with Gasteiger partial charge in [0, 0.05) is 17.6 Å². The first-order chi connectivity index (χ1) is 7.45. The van der Waals surface area contributed by atoms with Crippen molar-refractivity contribution in [3.63, 3.8) is 0 Å². The molecule has 0 unspecified atom stereocenters. The lowest BCUT2D eigenvalue weighted by molar-refractivity contribution is 0.653. The summed E-state index contributed by atoms with van der Waals surface area (Å²) in [5, 5.41) is 4.83. The highest BCUT2D eigenvalue weighted by atomic mass is 14.9. The van der Waals surface area contributed by atoms with Crippen molar-refractivity contribution in [1.82, 2.24) is 10.3 Å². The van der Waals surface area contributed by atoms with Gasteiger partial charge in [-0.05, 0) is 37.1 Å². The SMILES string of the molecule is c1cc([C@@H]2CCCN2)c2cccnc2c1. The van der Waals surface area contributed by atoms with E-state index >= 15 is 0 Å². The van der Waals surface area contributed by atoms with Gasteiger partial charge in [0.15, 0.2) is 0 Å². The van der Waals surface area contributed by atoms with Crippen LogP contribution in [0, 0.1) is 0 Å². The van der Waals surface area contributed by atoms with E-state index in [0.29, 0.717) is 6.04 Å². The number of pyridine rings is 1. The van der Waals surface area contributed by atoms with Crippen molar-refractivity contribution in [2.75, 3.05) is 6.54 Å². The van der Waals surface area contributed by atoms with Crippen molar-refractivity contribution in [1.29, 1.82) is 0 Å². The van der Waals surface area contributed by atoms with Gasteiger partial charge in [0.1, 0.15) is 0 Å². The number of hydrogen-bond donors (Lipinski definition) is 1. The summed E-state index contributed by atoms with van der Waals surface area (Å²) in [4.78, 5) is 4.39. The Labute approximate surface area is 89.3 Å². The normalized spacial score (nSPS) is 20.9. The van der Waals surface area contributed by atoms with E-state index in [1.165, 1.54) is 23.8 Å². The molecule has 1 N–H and O–H groups in total. The lowest BCUT2D eigenvalue weighted by Crippen LogP contribution is -2.13. The van der Waals surface area contributed by atoms with Crippen LogP contribution in [0.25, 0.3) is 10.9 Å². The molecule has 1 atom stereocenters. The number of hydrogen-bond acceptors (Lipinski definition) is 2. The molecule has 2 heterocycles. The van der Waals surface area contributed by atoms with E-state index in [0.717, 1.165) is 12.1 Å². The third-order valence-electron chi connectivity index (χ3n) is 3.12. The summed E-state index contributed by atoms with van der Waals surface area (Å²) in [5.74, 6) is 0. The van der Waals surface area contributed by atoms with Crippen LogP contribution in [-0.2, 0) is 0 Å². The fraction of sp³-hybridized carbons (Fsp3) is 0.308. The number of benzene rings is 1. The van der Waals surface area contributed by atoms with Gasteiger partial charge in [-0.3, -0.25) is 4.98 Å². The maximum atomic E-state index is 4.39. The molecule has 0 aliphatic carbocycles. The summed E-state index contributed by atoms with van der Waals surface area (Å²) >= 11 is 0. The van der Waals surface area contributed by atoms with Crippen molar-refractivity contribution in [2.24, 2.45) is 0 Å². The van der Waals surface area contributed by atoms with Crippen LogP contribution < -0.4 is 5.32 Å². The Kier molecular flexibility index (Phi) is 2.14. The molecule has 0 bridgehead atoms. The molecule has 1 fully saturated rings. The number of aromatic nitrogens is 1. The van der Waals surface area contributed by atoms with E-state index in [2.05, 4.69) is 34.6 Å². The molecule has 0 saturated carbocycles. The van der Waals surface area contributed by atoms with Crippen molar-refractivity contribution in [3.05, 3.63) is 42.1 Å². The van der Waals surface area contributed by atoms with Crippen LogP contribution in [0.2, 0.25) is 0 Å². The van der Waals surface area contributed by atoms with E-state index in [1.807, 2.05) is 12.3 Å².